The van der Waals surface area contributed by atoms with Crippen LogP contribution >= 0.6 is 0 Å². The van der Waals surface area contributed by atoms with Gasteiger partial charge in [0.2, 0.25) is 5.91 Å². The van der Waals surface area contributed by atoms with Crippen molar-refractivity contribution in [3.05, 3.63) is 47.2 Å². The molecule has 1 aromatic heterocycles. The molecule has 5 nitrogen and oxygen atoms in total. The molecule has 1 aliphatic heterocycles. The summed E-state index contributed by atoms with van der Waals surface area (Å²) in [5.74, 6) is 0.421. The van der Waals surface area contributed by atoms with Crippen LogP contribution in [0.4, 0.5) is 19.0 Å². The van der Waals surface area contributed by atoms with Gasteiger partial charge >= 0.3 is 6.18 Å². The lowest BCUT2D eigenvalue weighted by Crippen LogP contribution is -2.15. The molecule has 3 rings (SSSR count). The minimum Gasteiger partial charge on any atom is -0.381 e. The molecule has 2 heterocycles. The highest BCUT2D eigenvalue weighted by Gasteiger charge is 2.30. The van der Waals surface area contributed by atoms with Gasteiger partial charge in [0.15, 0.2) is 5.82 Å². The van der Waals surface area contributed by atoms with Gasteiger partial charge in [0, 0.05) is 30.9 Å². The highest BCUT2D eigenvalue weighted by atomic mass is 19.4. The lowest BCUT2D eigenvalue weighted by atomic mass is 9.97. The Morgan fingerprint density at radius 2 is 1.92 bits per heavy atom. The third kappa shape index (κ3) is 4.60. The van der Waals surface area contributed by atoms with Gasteiger partial charge in [-0.25, -0.2) is 0 Å². The van der Waals surface area contributed by atoms with Gasteiger partial charge in [-0.05, 0) is 30.5 Å². The third-order valence-corrected chi connectivity index (χ3v) is 4.17. The van der Waals surface area contributed by atoms with Gasteiger partial charge in [-0.2, -0.15) is 18.3 Å². The van der Waals surface area contributed by atoms with E-state index >= 15 is 0 Å². The average Bonchev–Trinajstić information content (AvgIpc) is 3.03. The number of halogens is 3. The first-order valence-corrected chi connectivity index (χ1v) is 8.01. The quantitative estimate of drug-likeness (QED) is 0.884. The number of anilines is 1. The first kappa shape index (κ1) is 17.5. The second-order valence-electron chi connectivity index (χ2n) is 6.01. The summed E-state index contributed by atoms with van der Waals surface area (Å²) in [6.07, 6.45) is -2.59. The van der Waals surface area contributed by atoms with E-state index in [1.54, 1.807) is 6.07 Å². The van der Waals surface area contributed by atoms with Gasteiger partial charge in [-0.15, -0.1) is 0 Å². The van der Waals surface area contributed by atoms with Crippen LogP contribution in [0.15, 0.2) is 30.3 Å². The molecule has 1 saturated heterocycles. The van der Waals surface area contributed by atoms with E-state index in [9.17, 15) is 18.0 Å². The molecule has 1 amide bonds. The van der Waals surface area contributed by atoms with Crippen LogP contribution in [-0.2, 0) is 22.1 Å². The van der Waals surface area contributed by atoms with Crippen molar-refractivity contribution < 1.29 is 22.7 Å². The van der Waals surface area contributed by atoms with E-state index in [0.29, 0.717) is 30.5 Å². The summed E-state index contributed by atoms with van der Waals surface area (Å²) >= 11 is 0. The molecule has 2 N–H and O–H groups in total. The summed E-state index contributed by atoms with van der Waals surface area (Å²) in [6.45, 7) is 1.42. The lowest BCUT2D eigenvalue weighted by molar-refractivity contribution is -0.137. The maximum Gasteiger partial charge on any atom is 0.416 e. The number of aromatic nitrogens is 2. The van der Waals surface area contributed by atoms with Gasteiger partial charge in [-0.3, -0.25) is 9.89 Å². The number of hydrogen-bond acceptors (Lipinski definition) is 3. The molecule has 0 atom stereocenters. The first-order chi connectivity index (χ1) is 11.9. The van der Waals surface area contributed by atoms with Crippen molar-refractivity contribution >= 4 is 11.7 Å². The van der Waals surface area contributed by atoms with Crippen LogP contribution in [0.2, 0.25) is 0 Å². The monoisotopic (exact) mass is 353 g/mol. The number of nitrogens with one attached hydrogen (secondary N) is 2. The molecule has 1 fully saturated rings. The summed E-state index contributed by atoms with van der Waals surface area (Å²) in [6, 6.07) is 6.35. The number of H-pyrrole nitrogens is 1. The topological polar surface area (TPSA) is 67.0 Å². The van der Waals surface area contributed by atoms with Crippen LogP contribution in [0.1, 0.15) is 35.6 Å². The Morgan fingerprint density at radius 1 is 1.24 bits per heavy atom. The Hall–Kier alpha value is -2.35. The number of alkyl halides is 3. The van der Waals surface area contributed by atoms with E-state index in [1.165, 1.54) is 12.1 Å². The van der Waals surface area contributed by atoms with Crippen molar-refractivity contribution in [2.75, 3.05) is 18.5 Å². The number of rotatable bonds is 4. The highest BCUT2D eigenvalue weighted by molar-refractivity contribution is 5.91. The molecule has 0 spiro atoms. The van der Waals surface area contributed by atoms with Gasteiger partial charge in [0.1, 0.15) is 0 Å². The second-order valence-corrected chi connectivity index (χ2v) is 6.01. The van der Waals surface area contributed by atoms with E-state index in [1.807, 2.05) is 0 Å². The van der Waals surface area contributed by atoms with Crippen LogP contribution in [-0.4, -0.2) is 29.3 Å². The lowest BCUT2D eigenvalue weighted by Gasteiger charge is -2.20. The molecule has 0 aliphatic carbocycles. The van der Waals surface area contributed by atoms with Crippen LogP contribution in [0.5, 0.6) is 0 Å². The first-order valence-electron chi connectivity index (χ1n) is 8.01. The van der Waals surface area contributed by atoms with Crippen LogP contribution in [0, 0.1) is 0 Å². The number of benzene rings is 1. The Balaban J connectivity index is 1.56. The number of nitrogens with zero attached hydrogens (tertiary/aromatic N) is 1. The standard InChI is InChI=1S/C17H18F3N3O2/c18-17(19,20)13-3-1-11(2-4-13)9-16(24)21-15-10-14(22-23-15)12-5-7-25-8-6-12/h1-4,10,12H,5-9H2,(H2,21,22,23,24). The van der Waals surface area contributed by atoms with E-state index in [0.717, 1.165) is 30.7 Å². The second kappa shape index (κ2) is 7.26. The summed E-state index contributed by atoms with van der Waals surface area (Å²) in [7, 11) is 0. The number of carbonyl (C=O) groups excluding carboxylic acids is 1. The Morgan fingerprint density at radius 3 is 2.56 bits per heavy atom. The summed E-state index contributed by atoms with van der Waals surface area (Å²) < 4.78 is 42.9. The van der Waals surface area contributed by atoms with Crippen LogP contribution in [0.25, 0.3) is 0 Å². The number of amides is 1. The van der Waals surface area contributed by atoms with Crippen molar-refractivity contribution in [1.82, 2.24) is 10.2 Å². The summed E-state index contributed by atoms with van der Waals surface area (Å²) in [4.78, 5) is 12.0. The van der Waals surface area contributed by atoms with Crippen molar-refractivity contribution in [3.63, 3.8) is 0 Å². The zero-order chi connectivity index (χ0) is 17.9. The zero-order valence-electron chi connectivity index (χ0n) is 13.4. The molecule has 0 radical (unpaired) electrons. The minimum absolute atomic E-state index is 0.0163. The van der Waals surface area contributed by atoms with Gasteiger partial charge in [0.25, 0.3) is 0 Å². The fourth-order valence-corrected chi connectivity index (χ4v) is 2.80. The van der Waals surface area contributed by atoms with E-state index in [-0.39, 0.29) is 12.3 Å². The Labute approximate surface area is 142 Å². The number of hydrogen-bond donors (Lipinski definition) is 2. The van der Waals surface area contributed by atoms with E-state index in [4.69, 9.17) is 4.74 Å². The normalized spacial score (nSPS) is 16.0. The predicted octanol–water partition coefficient (Wildman–Crippen LogP) is 3.50. The molecule has 0 bridgehead atoms. The summed E-state index contributed by atoms with van der Waals surface area (Å²) in [5, 5.41) is 9.66. The van der Waals surface area contributed by atoms with Gasteiger partial charge in [0.05, 0.1) is 12.0 Å². The fraction of sp³-hybridized carbons (Fsp3) is 0.412. The SMILES string of the molecule is O=C(Cc1ccc(C(F)(F)F)cc1)Nc1cc(C2CCOCC2)[nH]n1. The molecule has 134 valence electrons. The molecular formula is C17H18F3N3O2. The Kier molecular flexibility index (Phi) is 5.08. The molecule has 1 aliphatic rings. The highest BCUT2D eigenvalue weighted by Crippen LogP contribution is 2.29. The van der Waals surface area contributed by atoms with Crippen molar-refractivity contribution in [2.24, 2.45) is 0 Å². The van der Waals surface area contributed by atoms with Crippen LogP contribution < -0.4 is 5.32 Å². The van der Waals surface area contributed by atoms with Gasteiger partial charge in [-0.1, -0.05) is 12.1 Å². The van der Waals surface area contributed by atoms with Gasteiger partial charge < -0.3 is 10.1 Å². The van der Waals surface area contributed by atoms with E-state index < -0.39 is 11.7 Å². The predicted molar refractivity (Wildman–Crippen MR) is 85.2 cm³/mol. The number of aromatic amines is 1. The molecule has 0 saturated carbocycles. The molecule has 1 aromatic carbocycles. The fourth-order valence-electron chi connectivity index (χ4n) is 2.80. The molecule has 2 aromatic rings. The summed E-state index contributed by atoms with van der Waals surface area (Å²) in [5.41, 5.74) is 0.726. The minimum atomic E-state index is -4.38. The molecule has 0 unspecified atom stereocenters. The smallest absolute Gasteiger partial charge is 0.381 e. The van der Waals surface area contributed by atoms with Crippen LogP contribution in [0.3, 0.4) is 0 Å². The van der Waals surface area contributed by atoms with Crippen molar-refractivity contribution in [3.8, 4) is 0 Å². The molecular weight excluding hydrogens is 335 g/mol. The van der Waals surface area contributed by atoms with Crippen molar-refractivity contribution in [2.45, 2.75) is 31.4 Å². The zero-order valence-corrected chi connectivity index (χ0v) is 13.4. The number of ether oxygens (including phenoxy) is 1. The third-order valence-electron chi connectivity index (χ3n) is 4.17. The molecule has 25 heavy (non-hydrogen) atoms. The maximum absolute atomic E-state index is 12.5. The number of carbonyl (C=O) groups is 1. The maximum atomic E-state index is 12.5. The largest absolute Gasteiger partial charge is 0.416 e. The van der Waals surface area contributed by atoms with Crippen molar-refractivity contribution in [1.29, 1.82) is 0 Å². The van der Waals surface area contributed by atoms with E-state index in [2.05, 4.69) is 15.5 Å². The Bertz CT molecular complexity index is 719. The molecule has 8 heteroatoms. The average molecular weight is 353 g/mol.